The van der Waals surface area contributed by atoms with Gasteiger partial charge in [-0.25, -0.2) is 0 Å². The maximum Gasteiger partial charge on any atom is 0.0510 e. The zero-order valence-corrected chi connectivity index (χ0v) is 3.20. The molecule has 0 saturated heterocycles. The van der Waals surface area contributed by atoms with E-state index in [1.54, 1.807) is 18.5 Å². The van der Waals surface area contributed by atoms with Crippen molar-refractivity contribution in [2.24, 2.45) is 0 Å². The van der Waals surface area contributed by atoms with Crippen molar-refractivity contribution in [1.29, 1.82) is 0 Å². The van der Waals surface area contributed by atoms with Crippen LogP contribution in [-0.4, -0.2) is 9.89 Å². The van der Waals surface area contributed by atoms with E-state index in [2.05, 4.69) is 5.10 Å². The molecule has 0 radical (unpaired) electrons. The molecule has 1 heterocycles. The van der Waals surface area contributed by atoms with Crippen molar-refractivity contribution in [3.8, 4) is 0 Å². The number of hydrogen-bond donors (Lipinski definition) is 1. The van der Waals surface area contributed by atoms with Crippen molar-refractivity contribution in [3.05, 3.63) is 18.5 Å². The Morgan fingerprint density at radius 1 is 1.67 bits per heavy atom. The Morgan fingerprint density at radius 3 is 2.67 bits per heavy atom. The molecule has 1 aromatic heterocycles. The van der Waals surface area contributed by atoms with E-state index in [1.807, 2.05) is 0 Å². The van der Waals surface area contributed by atoms with Gasteiger partial charge in [-0.05, 0) is 6.07 Å². The Morgan fingerprint density at radius 2 is 2.50 bits per heavy atom. The normalized spacial score (nSPS) is 8.67. The smallest absolute Gasteiger partial charge is 0.0510 e. The summed E-state index contributed by atoms with van der Waals surface area (Å²) in [7, 11) is 0. The molecule has 0 aliphatic carbocycles. The van der Waals surface area contributed by atoms with E-state index in [4.69, 9.17) is 5.84 Å². The van der Waals surface area contributed by atoms with Gasteiger partial charge in [0.25, 0.3) is 0 Å². The van der Waals surface area contributed by atoms with E-state index >= 15 is 0 Å². The Bertz CT molecular complexity index is 110. The van der Waals surface area contributed by atoms with E-state index in [-0.39, 0.29) is 0 Å². The van der Waals surface area contributed by atoms with Crippen molar-refractivity contribution in [1.82, 2.24) is 9.89 Å². The van der Waals surface area contributed by atoms with Gasteiger partial charge < -0.3 is 5.84 Å². The third-order valence-electron chi connectivity index (χ3n) is 0.525. The molecular formula is C3H5N3. The monoisotopic (exact) mass is 83.0 g/mol. The summed E-state index contributed by atoms with van der Waals surface area (Å²) < 4.78 is 0. The van der Waals surface area contributed by atoms with Crippen molar-refractivity contribution in [2.75, 3.05) is 5.84 Å². The van der Waals surface area contributed by atoms with E-state index in [9.17, 15) is 0 Å². The van der Waals surface area contributed by atoms with Crippen molar-refractivity contribution < 1.29 is 0 Å². The average Bonchev–Trinajstić information content (AvgIpc) is 1.86. The molecule has 0 aliphatic heterocycles. The van der Waals surface area contributed by atoms with Crippen molar-refractivity contribution in [2.45, 2.75) is 0 Å². The van der Waals surface area contributed by atoms with Gasteiger partial charge in [-0.3, -0.25) is 0 Å². The number of rotatable bonds is 0. The minimum Gasteiger partial charge on any atom is -0.323 e. The summed E-state index contributed by atoms with van der Waals surface area (Å²) in [4.78, 5) is 1.25. The lowest BCUT2D eigenvalue weighted by molar-refractivity contribution is 0.832. The molecular weight excluding hydrogens is 78.1 g/mol. The van der Waals surface area contributed by atoms with E-state index in [1.165, 1.54) is 4.79 Å². The fourth-order valence-corrected chi connectivity index (χ4v) is 0.281. The maximum absolute atomic E-state index is 5.08. The molecule has 0 unspecified atom stereocenters. The van der Waals surface area contributed by atoms with Gasteiger partial charge in [-0.1, -0.05) is 0 Å². The molecule has 32 valence electrons. The first kappa shape index (κ1) is 3.21. The topological polar surface area (TPSA) is 43.8 Å². The van der Waals surface area contributed by atoms with Gasteiger partial charge in [0.15, 0.2) is 0 Å². The molecule has 0 amide bonds. The van der Waals surface area contributed by atoms with Gasteiger partial charge in [-0.15, -0.1) is 0 Å². The zero-order chi connectivity index (χ0) is 4.41. The number of nitrogen functional groups attached to an aromatic ring is 1. The van der Waals surface area contributed by atoms with E-state index in [0.717, 1.165) is 0 Å². The molecule has 0 bridgehead atoms. The molecule has 1 rings (SSSR count). The van der Waals surface area contributed by atoms with Gasteiger partial charge >= 0.3 is 0 Å². The fourth-order valence-electron chi connectivity index (χ4n) is 0.281. The second-order valence-corrected chi connectivity index (χ2v) is 0.986. The van der Waals surface area contributed by atoms with E-state index < -0.39 is 0 Å². The first-order chi connectivity index (χ1) is 2.89. The average molecular weight is 83.1 g/mol. The lowest BCUT2D eigenvalue weighted by Gasteiger charge is -1.78. The van der Waals surface area contributed by atoms with E-state index in [0.29, 0.717) is 0 Å². The van der Waals surface area contributed by atoms with Crippen LogP contribution >= 0.6 is 0 Å². The highest BCUT2D eigenvalue weighted by Gasteiger charge is 1.69. The molecule has 0 saturated carbocycles. The highest BCUT2D eigenvalue weighted by molar-refractivity contribution is 4.76. The van der Waals surface area contributed by atoms with Crippen LogP contribution in [0.4, 0.5) is 0 Å². The predicted octanol–water partition coefficient (Wildman–Crippen LogP) is -0.403. The van der Waals surface area contributed by atoms with Crippen LogP contribution in [0.15, 0.2) is 18.5 Å². The number of nitrogens with zero attached hydrogens (tertiary/aromatic N) is 2. The Labute approximate surface area is 35.3 Å². The van der Waals surface area contributed by atoms with Gasteiger partial charge in [0.05, 0.1) is 6.20 Å². The van der Waals surface area contributed by atoms with Crippen LogP contribution in [0.25, 0.3) is 0 Å². The van der Waals surface area contributed by atoms with Crippen LogP contribution in [0.3, 0.4) is 0 Å². The highest BCUT2D eigenvalue weighted by atomic mass is 15.5. The number of aromatic nitrogens is 2. The molecule has 6 heavy (non-hydrogen) atoms. The molecule has 0 spiro atoms. The standard InChI is InChI=1S/C3H5N3/c4-6-3-1-2-5-6/h1-3H,4H2. The summed E-state index contributed by atoms with van der Waals surface area (Å²) in [5.74, 6) is 5.08. The van der Waals surface area contributed by atoms with Gasteiger partial charge in [0, 0.05) is 6.20 Å². The minimum atomic E-state index is 1.25. The number of hydrogen-bond acceptors (Lipinski definition) is 2. The van der Waals surface area contributed by atoms with Crippen LogP contribution in [-0.2, 0) is 0 Å². The van der Waals surface area contributed by atoms with Crippen molar-refractivity contribution >= 4 is 0 Å². The highest BCUT2D eigenvalue weighted by Crippen LogP contribution is 1.70. The first-order valence-electron chi connectivity index (χ1n) is 1.64. The summed E-state index contributed by atoms with van der Waals surface area (Å²) in [6.07, 6.45) is 3.29. The summed E-state index contributed by atoms with van der Waals surface area (Å²) in [5, 5.41) is 3.61. The Kier molecular flexibility index (Phi) is 0.538. The summed E-state index contributed by atoms with van der Waals surface area (Å²) in [6, 6.07) is 1.76. The Hall–Kier alpha value is -0.990. The third kappa shape index (κ3) is 0.337. The number of nitrogens with two attached hydrogens (primary N) is 1. The molecule has 1 aromatic rings. The second-order valence-electron chi connectivity index (χ2n) is 0.986. The minimum absolute atomic E-state index is 1.25. The van der Waals surface area contributed by atoms with Gasteiger partial charge in [-0.2, -0.15) is 9.89 Å². The fraction of sp³-hybridized carbons (Fsp3) is 0. The second kappa shape index (κ2) is 1.01. The summed E-state index contributed by atoms with van der Waals surface area (Å²) >= 11 is 0. The maximum atomic E-state index is 5.08. The van der Waals surface area contributed by atoms with Gasteiger partial charge in [0.2, 0.25) is 0 Å². The largest absolute Gasteiger partial charge is 0.323 e. The predicted molar refractivity (Wildman–Crippen MR) is 22.4 cm³/mol. The van der Waals surface area contributed by atoms with Gasteiger partial charge in [0.1, 0.15) is 0 Å². The molecule has 3 nitrogen and oxygen atoms in total. The molecule has 0 aromatic carbocycles. The molecule has 0 aliphatic rings. The zero-order valence-electron chi connectivity index (χ0n) is 3.20. The molecule has 2 N–H and O–H groups in total. The SMILES string of the molecule is Nn1cccn1. The summed E-state index contributed by atoms with van der Waals surface area (Å²) in [5.41, 5.74) is 0. The van der Waals surface area contributed by atoms with Crippen LogP contribution < -0.4 is 5.84 Å². The van der Waals surface area contributed by atoms with Crippen LogP contribution in [0.5, 0.6) is 0 Å². The van der Waals surface area contributed by atoms with Crippen LogP contribution in [0.2, 0.25) is 0 Å². The molecule has 0 fully saturated rings. The lowest BCUT2D eigenvalue weighted by Crippen LogP contribution is -2.06. The van der Waals surface area contributed by atoms with Crippen molar-refractivity contribution in [3.63, 3.8) is 0 Å². The first-order valence-corrected chi connectivity index (χ1v) is 1.64. The molecule has 3 heteroatoms. The quantitative estimate of drug-likeness (QED) is 0.433. The Balaban J connectivity index is 3.05. The molecule has 0 atom stereocenters. The van der Waals surface area contributed by atoms with Crippen LogP contribution in [0, 0.1) is 0 Å². The lowest BCUT2D eigenvalue weighted by atomic mass is 10.8. The van der Waals surface area contributed by atoms with Crippen LogP contribution in [0.1, 0.15) is 0 Å². The summed E-state index contributed by atoms with van der Waals surface area (Å²) in [6.45, 7) is 0. The third-order valence-corrected chi connectivity index (χ3v) is 0.525.